The number of carbonyl (C=O) groups is 2. The number of ether oxygens (including phenoxy) is 3. The molecular weight excluding hydrogens is 636 g/mol. The van der Waals surface area contributed by atoms with E-state index in [0.717, 1.165) is 12.0 Å². The van der Waals surface area contributed by atoms with Gasteiger partial charge in [0.1, 0.15) is 24.4 Å². The van der Waals surface area contributed by atoms with Gasteiger partial charge in [-0.15, -0.1) is 0 Å². The van der Waals surface area contributed by atoms with Crippen molar-refractivity contribution in [3.8, 4) is 0 Å². The molecule has 5 aliphatic carbocycles. The summed E-state index contributed by atoms with van der Waals surface area (Å²) >= 11 is 0. The molecule has 1 saturated heterocycles. The fourth-order valence-electron chi connectivity index (χ4n) is 12.6. The lowest BCUT2D eigenvalue weighted by Crippen LogP contribution is -2.69. The van der Waals surface area contributed by atoms with Crippen LogP contribution in [0.1, 0.15) is 92.4 Å². The number of rotatable bonds is 6. The average Bonchev–Trinajstić information content (AvgIpc) is 3.06. The monoisotopic (exact) mass is 694 g/mol. The van der Waals surface area contributed by atoms with Gasteiger partial charge in [0.25, 0.3) is 0 Å². The number of carboxylic acids is 1. The highest BCUT2D eigenvalue weighted by Crippen LogP contribution is 2.76. The largest absolute Gasteiger partial charge is 0.481 e. The van der Waals surface area contributed by atoms with Crippen LogP contribution in [-0.4, -0.2) is 111 Å². The molecule has 16 atom stereocenters. The highest BCUT2D eigenvalue weighted by molar-refractivity contribution is 5.80. The van der Waals surface area contributed by atoms with Crippen LogP contribution in [-0.2, 0) is 23.8 Å². The van der Waals surface area contributed by atoms with Gasteiger partial charge in [-0.05, 0) is 98.7 Å². The fourth-order valence-corrected chi connectivity index (χ4v) is 12.6. The van der Waals surface area contributed by atoms with Gasteiger partial charge in [0.2, 0.25) is 0 Å². The van der Waals surface area contributed by atoms with Crippen LogP contribution in [0.4, 0.5) is 0 Å². The summed E-state index contributed by atoms with van der Waals surface area (Å²) in [6.07, 6.45) is -2.17. The Morgan fingerprint density at radius 3 is 2.18 bits per heavy atom. The van der Waals surface area contributed by atoms with E-state index in [1.165, 1.54) is 7.11 Å². The third-order valence-electron chi connectivity index (χ3n) is 15.7. The van der Waals surface area contributed by atoms with E-state index in [1.807, 2.05) is 13.8 Å². The first-order valence-corrected chi connectivity index (χ1v) is 18.1. The fraction of sp³-hybridized carbons (Fsp3) is 0.892. The molecule has 0 radical (unpaired) electrons. The minimum absolute atomic E-state index is 0.0779. The zero-order valence-electron chi connectivity index (χ0n) is 29.8. The van der Waals surface area contributed by atoms with Crippen LogP contribution in [0.5, 0.6) is 0 Å². The summed E-state index contributed by atoms with van der Waals surface area (Å²) in [7, 11) is 1.39. The van der Waals surface area contributed by atoms with Gasteiger partial charge in [-0.25, -0.2) is 0 Å². The summed E-state index contributed by atoms with van der Waals surface area (Å²) in [6.45, 7) is 9.66. The number of hydrogen-bond acceptors (Lipinski definition) is 11. The second-order valence-electron chi connectivity index (χ2n) is 17.8. The third kappa shape index (κ3) is 4.98. The Hall–Kier alpha value is -1.64. The van der Waals surface area contributed by atoms with Gasteiger partial charge in [0, 0.05) is 5.41 Å². The van der Waals surface area contributed by atoms with Crippen molar-refractivity contribution >= 4 is 11.9 Å². The summed E-state index contributed by atoms with van der Waals surface area (Å²) in [5, 5.41) is 74.8. The van der Waals surface area contributed by atoms with Crippen molar-refractivity contribution in [2.24, 2.45) is 50.2 Å². The summed E-state index contributed by atoms with van der Waals surface area (Å²) in [6, 6.07) is 0. The van der Waals surface area contributed by atoms with Crippen LogP contribution in [0.15, 0.2) is 11.6 Å². The molecule has 7 N–H and O–H groups in total. The van der Waals surface area contributed by atoms with E-state index in [4.69, 9.17) is 14.2 Å². The Bertz CT molecular complexity index is 1350. The molecule has 6 rings (SSSR count). The predicted octanol–water partition coefficient (Wildman–Crippen LogP) is 2.15. The SMILES string of the molecule is COC(=O)[C@@]1(C)CC[C@]2(C(=O)O)CC[C@]3(C)C(=CC[C@@H]4[C@@]5(C)C[C@H](O)[C@H](O[C@H]6O[C@H](CO)[C@@H](O)[C@H](O)[C@H]6O)[C@@](C)(CO)[C@@H]5CC[C@]43C)[C@@H]2C1. The molecule has 0 amide bonds. The summed E-state index contributed by atoms with van der Waals surface area (Å²) in [4.78, 5) is 26.1. The third-order valence-corrected chi connectivity index (χ3v) is 15.7. The second-order valence-corrected chi connectivity index (χ2v) is 17.8. The molecule has 6 aliphatic rings. The molecule has 0 bridgehead atoms. The van der Waals surface area contributed by atoms with Gasteiger partial charge in [-0.1, -0.05) is 39.3 Å². The number of methoxy groups -OCH3 is 1. The number of allylic oxidation sites excluding steroid dienone is 2. The lowest BCUT2D eigenvalue weighted by atomic mass is 9.33. The van der Waals surface area contributed by atoms with Crippen LogP contribution in [0.2, 0.25) is 0 Å². The number of carboxylic acid groups (broad SMARTS) is 1. The Morgan fingerprint density at radius 1 is 0.898 bits per heavy atom. The molecule has 49 heavy (non-hydrogen) atoms. The summed E-state index contributed by atoms with van der Waals surface area (Å²) in [5.41, 5.74) is -2.63. The minimum atomic E-state index is -1.64. The second kappa shape index (κ2) is 12.2. The van der Waals surface area contributed by atoms with E-state index in [2.05, 4.69) is 26.8 Å². The molecule has 4 saturated carbocycles. The Labute approximate surface area is 288 Å². The standard InChI is InChI=1S/C37H58O12/c1-32(31(46)47-6)11-13-37(30(44)45)14-12-35(4)19(20(37)15-32)7-8-24-33(2)16-21(40)28(34(3,18-39)23(33)9-10-36(24,35)5)49-29-27(43)26(42)25(41)22(17-38)48-29/h7,20-29,38-43H,8-18H2,1-6H3,(H,44,45)/t20-,21-,22+,23+,24+,25+,26-,27+,28-,29+,32-,33-,34-,35+,36+,37-/m0/s1. The molecule has 12 nitrogen and oxygen atoms in total. The molecule has 12 heteroatoms. The number of aliphatic hydroxyl groups is 6. The molecule has 0 aromatic rings. The molecular formula is C37H58O12. The number of hydrogen-bond donors (Lipinski definition) is 7. The Kier molecular flexibility index (Phi) is 9.26. The molecule has 1 aliphatic heterocycles. The number of aliphatic carboxylic acids is 1. The predicted molar refractivity (Wildman–Crippen MR) is 174 cm³/mol. The van der Waals surface area contributed by atoms with Gasteiger partial charge < -0.3 is 50.0 Å². The molecule has 0 spiro atoms. The molecule has 0 aromatic carbocycles. The van der Waals surface area contributed by atoms with Crippen LogP contribution < -0.4 is 0 Å². The summed E-state index contributed by atoms with van der Waals surface area (Å²) in [5.74, 6) is -1.43. The molecule has 5 fully saturated rings. The topological polar surface area (TPSA) is 203 Å². The Balaban J connectivity index is 1.35. The first-order valence-electron chi connectivity index (χ1n) is 18.1. The molecule has 0 aromatic heterocycles. The maximum absolute atomic E-state index is 13.1. The van der Waals surface area contributed by atoms with Gasteiger partial charge in [0.15, 0.2) is 6.29 Å². The normalized spacial score (nSPS) is 54.0. The van der Waals surface area contributed by atoms with Crippen LogP contribution >= 0.6 is 0 Å². The van der Waals surface area contributed by atoms with Crippen molar-refractivity contribution < 1.29 is 59.5 Å². The Morgan fingerprint density at radius 2 is 1.57 bits per heavy atom. The van der Waals surface area contributed by atoms with Crippen LogP contribution in [0.3, 0.4) is 0 Å². The van der Waals surface area contributed by atoms with Gasteiger partial charge in [-0.2, -0.15) is 0 Å². The molecule has 278 valence electrons. The maximum Gasteiger partial charge on any atom is 0.311 e. The number of esters is 1. The zero-order chi connectivity index (χ0) is 36.1. The van der Waals surface area contributed by atoms with Crippen LogP contribution in [0, 0.1) is 50.2 Å². The lowest BCUT2D eigenvalue weighted by Gasteiger charge is -2.71. The molecule has 0 unspecified atom stereocenters. The van der Waals surface area contributed by atoms with Crippen molar-refractivity contribution in [3.63, 3.8) is 0 Å². The van der Waals surface area contributed by atoms with E-state index in [9.17, 15) is 45.3 Å². The van der Waals surface area contributed by atoms with E-state index in [-0.39, 0.29) is 41.2 Å². The molecule has 1 heterocycles. The van der Waals surface area contributed by atoms with Crippen molar-refractivity contribution in [2.75, 3.05) is 20.3 Å². The van der Waals surface area contributed by atoms with Gasteiger partial charge in [0.05, 0.1) is 43.4 Å². The summed E-state index contributed by atoms with van der Waals surface area (Å²) < 4.78 is 17.1. The minimum Gasteiger partial charge on any atom is -0.481 e. The van der Waals surface area contributed by atoms with Crippen molar-refractivity contribution in [1.29, 1.82) is 0 Å². The van der Waals surface area contributed by atoms with Crippen molar-refractivity contribution in [2.45, 2.75) is 135 Å². The van der Waals surface area contributed by atoms with E-state index in [1.54, 1.807) is 0 Å². The van der Waals surface area contributed by atoms with Crippen molar-refractivity contribution in [1.82, 2.24) is 0 Å². The first-order chi connectivity index (χ1) is 22.8. The van der Waals surface area contributed by atoms with Gasteiger partial charge >= 0.3 is 11.9 Å². The average molecular weight is 695 g/mol. The number of aliphatic hydroxyl groups excluding tert-OH is 6. The maximum atomic E-state index is 13.1. The van der Waals surface area contributed by atoms with Gasteiger partial charge in [-0.3, -0.25) is 9.59 Å². The smallest absolute Gasteiger partial charge is 0.311 e. The van der Waals surface area contributed by atoms with Crippen molar-refractivity contribution in [3.05, 3.63) is 11.6 Å². The van der Waals surface area contributed by atoms with E-state index < -0.39 is 77.1 Å². The highest BCUT2D eigenvalue weighted by atomic mass is 16.7. The number of fused-ring (bicyclic) bond motifs is 7. The highest BCUT2D eigenvalue weighted by Gasteiger charge is 2.71. The lowest BCUT2D eigenvalue weighted by molar-refractivity contribution is -0.345. The van der Waals surface area contributed by atoms with Crippen LogP contribution in [0.25, 0.3) is 0 Å². The first kappa shape index (κ1) is 37.1. The zero-order valence-corrected chi connectivity index (χ0v) is 29.8. The number of carbonyl (C=O) groups excluding carboxylic acids is 1. The quantitative estimate of drug-likeness (QED) is 0.122. The van der Waals surface area contributed by atoms with E-state index in [0.29, 0.717) is 51.4 Å². The van der Waals surface area contributed by atoms with E-state index >= 15 is 0 Å².